The Morgan fingerprint density at radius 1 is 1.14 bits per heavy atom. The fourth-order valence-electron chi connectivity index (χ4n) is 2.09. The summed E-state index contributed by atoms with van der Waals surface area (Å²) in [6.45, 7) is 4.17. The van der Waals surface area contributed by atoms with Crippen molar-refractivity contribution in [1.29, 1.82) is 0 Å². The lowest BCUT2D eigenvalue weighted by atomic mass is 9.94. The quantitative estimate of drug-likeness (QED) is 0.719. The zero-order valence-electron chi connectivity index (χ0n) is 13.0. The molecule has 0 heterocycles. The maximum absolute atomic E-state index is 10.2. The average Bonchev–Trinajstić information content (AvgIpc) is 2.42. The lowest BCUT2D eigenvalue weighted by molar-refractivity contribution is 0.126. The number of aliphatic hydroxyl groups excluding tert-OH is 1. The van der Waals surface area contributed by atoms with Crippen LogP contribution in [0.25, 0.3) is 0 Å². The number of ether oxygens (including phenoxy) is 2. The third-order valence-electron chi connectivity index (χ3n) is 3.34. The Morgan fingerprint density at radius 3 is 2.24 bits per heavy atom. The van der Waals surface area contributed by atoms with E-state index in [4.69, 9.17) is 15.2 Å². The molecule has 0 aromatic heterocycles. The first-order valence-corrected chi connectivity index (χ1v) is 6.79. The molecule has 1 rings (SSSR count). The number of halogens is 1. The molecular weight excluding hydrogens is 294 g/mol. The number of nitrogens with two attached hydrogens (primary N) is 1. The van der Waals surface area contributed by atoms with E-state index in [1.807, 2.05) is 0 Å². The highest BCUT2D eigenvalue weighted by molar-refractivity contribution is 5.85. The third-order valence-corrected chi connectivity index (χ3v) is 3.34. The van der Waals surface area contributed by atoms with Gasteiger partial charge in [-0.3, -0.25) is 0 Å². The Balaban J connectivity index is 0.00000400. The van der Waals surface area contributed by atoms with Gasteiger partial charge in [0.2, 0.25) is 0 Å². The molecule has 1 aromatic rings. The van der Waals surface area contributed by atoms with Crippen LogP contribution in [-0.4, -0.2) is 30.5 Å². The number of aromatic hydroxyl groups is 1. The highest BCUT2D eigenvalue weighted by Gasteiger charge is 2.24. The maximum Gasteiger partial charge on any atom is 0.131 e. The van der Waals surface area contributed by atoms with Crippen molar-refractivity contribution in [3.8, 4) is 17.2 Å². The number of rotatable bonds is 7. The van der Waals surface area contributed by atoms with Gasteiger partial charge in [-0.25, -0.2) is 0 Å². The second-order valence-electron chi connectivity index (χ2n) is 5.33. The van der Waals surface area contributed by atoms with Crippen molar-refractivity contribution >= 4 is 12.4 Å². The zero-order chi connectivity index (χ0) is 15.3. The molecule has 0 unspecified atom stereocenters. The largest absolute Gasteiger partial charge is 0.507 e. The van der Waals surface area contributed by atoms with Crippen molar-refractivity contribution in [3.63, 3.8) is 0 Å². The summed E-state index contributed by atoms with van der Waals surface area (Å²) in [4.78, 5) is 0. The Hall–Kier alpha value is -1.17. The van der Waals surface area contributed by atoms with Gasteiger partial charge in [0.25, 0.3) is 0 Å². The maximum atomic E-state index is 10.2. The molecule has 21 heavy (non-hydrogen) atoms. The smallest absolute Gasteiger partial charge is 0.131 e. The highest BCUT2D eigenvalue weighted by Crippen LogP contribution is 2.38. The van der Waals surface area contributed by atoms with Gasteiger partial charge in [0, 0.05) is 12.1 Å². The molecule has 1 aromatic carbocycles. The first kappa shape index (κ1) is 19.8. The minimum absolute atomic E-state index is 0. The van der Waals surface area contributed by atoms with Crippen molar-refractivity contribution in [2.45, 2.75) is 38.8 Å². The Kier molecular flexibility index (Phi) is 8.47. The lowest BCUT2D eigenvalue weighted by Gasteiger charge is -2.23. The minimum atomic E-state index is -0.731. The van der Waals surface area contributed by atoms with E-state index < -0.39 is 12.1 Å². The predicted octanol–water partition coefficient (Wildman–Crippen LogP) is 2.63. The number of phenolic OH excluding ortho intramolecular Hbond substituents is 1. The van der Waals surface area contributed by atoms with Crippen LogP contribution < -0.4 is 15.2 Å². The van der Waals surface area contributed by atoms with E-state index in [0.29, 0.717) is 29.4 Å². The summed E-state index contributed by atoms with van der Waals surface area (Å²) in [6.07, 6.45) is 0.715. The number of methoxy groups -OCH3 is 2. The summed E-state index contributed by atoms with van der Waals surface area (Å²) in [5, 5.41) is 20.2. The summed E-state index contributed by atoms with van der Waals surface area (Å²) in [5.41, 5.74) is 6.47. The molecule has 5 nitrogen and oxygen atoms in total. The molecule has 0 fully saturated rings. The van der Waals surface area contributed by atoms with Crippen molar-refractivity contribution in [1.82, 2.24) is 0 Å². The molecule has 0 aliphatic heterocycles. The van der Waals surface area contributed by atoms with Gasteiger partial charge < -0.3 is 25.4 Å². The first-order valence-electron chi connectivity index (χ1n) is 6.79. The molecule has 0 spiro atoms. The van der Waals surface area contributed by atoms with E-state index in [1.54, 1.807) is 6.07 Å². The summed E-state index contributed by atoms with van der Waals surface area (Å²) < 4.78 is 10.3. The zero-order valence-corrected chi connectivity index (χ0v) is 13.8. The van der Waals surface area contributed by atoms with Crippen LogP contribution in [-0.2, 0) is 0 Å². The van der Waals surface area contributed by atoms with E-state index in [1.165, 1.54) is 20.3 Å². The van der Waals surface area contributed by atoms with Crippen LogP contribution in [0.3, 0.4) is 0 Å². The number of benzene rings is 1. The van der Waals surface area contributed by atoms with Gasteiger partial charge in [0.1, 0.15) is 17.2 Å². The molecule has 0 amide bonds. The van der Waals surface area contributed by atoms with Crippen molar-refractivity contribution in [3.05, 3.63) is 17.7 Å². The molecular formula is C15H26ClNO4. The molecule has 122 valence electrons. The van der Waals surface area contributed by atoms with Crippen LogP contribution >= 0.6 is 12.4 Å². The summed E-state index contributed by atoms with van der Waals surface area (Å²) >= 11 is 0. The van der Waals surface area contributed by atoms with E-state index in [2.05, 4.69) is 13.8 Å². The Bertz CT molecular complexity index is 440. The van der Waals surface area contributed by atoms with Crippen LogP contribution in [0.15, 0.2) is 12.1 Å². The van der Waals surface area contributed by atoms with E-state index in [9.17, 15) is 10.2 Å². The van der Waals surface area contributed by atoms with E-state index in [-0.39, 0.29) is 18.2 Å². The average molecular weight is 320 g/mol. The Morgan fingerprint density at radius 2 is 1.76 bits per heavy atom. The van der Waals surface area contributed by atoms with Gasteiger partial charge >= 0.3 is 0 Å². The Labute approximate surface area is 132 Å². The molecule has 0 aliphatic carbocycles. The summed E-state index contributed by atoms with van der Waals surface area (Å²) in [7, 11) is 3.00. The fourth-order valence-corrected chi connectivity index (χ4v) is 2.09. The number of aliphatic hydroxyl groups is 1. The third kappa shape index (κ3) is 5.26. The van der Waals surface area contributed by atoms with Crippen LogP contribution in [0.4, 0.5) is 0 Å². The molecule has 0 saturated carbocycles. The normalized spacial score (nSPS) is 13.5. The van der Waals surface area contributed by atoms with Crippen LogP contribution in [0, 0.1) is 5.92 Å². The van der Waals surface area contributed by atoms with Crippen LogP contribution in [0.5, 0.6) is 17.2 Å². The number of phenols is 1. The summed E-state index contributed by atoms with van der Waals surface area (Å²) in [5.74, 6) is 1.35. The molecule has 0 radical (unpaired) electrons. The van der Waals surface area contributed by atoms with Gasteiger partial charge in [-0.1, -0.05) is 13.8 Å². The van der Waals surface area contributed by atoms with Crippen LogP contribution in [0.2, 0.25) is 0 Å². The van der Waals surface area contributed by atoms with Gasteiger partial charge in [-0.15, -0.1) is 12.4 Å². The number of hydrogen-bond acceptors (Lipinski definition) is 5. The monoisotopic (exact) mass is 319 g/mol. The minimum Gasteiger partial charge on any atom is -0.507 e. The molecule has 4 N–H and O–H groups in total. The van der Waals surface area contributed by atoms with Crippen molar-refractivity contribution < 1.29 is 19.7 Å². The molecule has 0 bridgehead atoms. The molecule has 0 saturated heterocycles. The van der Waals surface area contributed by atoms with Gasteiger partial charge in [-0.2, -0.15) is 0 Å². The van der Waals surface area contributed by atoms with E-state index >= 15 is 0 Å². The first-order chi connectivity index (χ1) is 9.40. The van der Waals surface area contributed by atoms with Crippen LogP contribution in [0.1, 0.15) is 38.3 Å². The SMILES string of the molecule is COc1cc(O)c([C@H](N)[C@H](O)CCC(C)C)c(OC)c1.Cl. The highest BCUT2D eigenvalue weighted by atomic mass is 35.5. The van der Waals surface area contributed by atoms with Crippen molar-refractivity contribution in [2.24, 2.45) is 11.7 Å². The predicted molar refractivity (Wildman–Crippen MR) is 85.5 cm³/mol. The standard InChI is InChI=1S/C15H25NO4.ClH/c1-9(2)5-6-11(17)15(16)14-12(18)7-10(19-3)8-13(14)20-4;/h7-9,11,15,17-18H,5-6,16H2,1-4H3;1H/t11-,15-;/m1./s1. The second-order valence-corrected chi connectivity index (χ2v) is 5.33. The second kappa shape index (κ2) is 8.97. The van der Waals surface area contributed by atoms with Crippen molar-refractivity contribution in [2.75, 3.05) is 14.2 Å². The summed E-state index contributed by atoms with van der Waals surface area (Å²) in [6, 6.07) is 2.41. The van der Waals surface area contributed by atoms with E-state index in [0.717, 1.165) is 6.42 Å². The molecule has 2 atom stereocenters. The van der Waals surface area contributed by atoms with Gasteiger partial charge in [-0.05, 0) is 18.8 Å². The molecule has 0 aliphatic rings. The van der Waals surface area contributed by atoms with Gasteiger partial charge in [0.15, 0.2) is 0 Å². The molecule has 6 heteroatoms. The van der Waals surface area contributed by atoms with Gasteiger partial charge in [0.05, 0.1) is 31.9 Å². The topological polar surface area (TPSA) is 84.9 Å². The number of hydrogen-bond donors (Lipinski definition) is 3. The lowest BCUT2D eigenvalue weighted by Crippen LogP contribution is -2.27. The fraction of sp³-hybridized carbons (Fsp3) is 0.600.